The van der Waals surface area contributed by atoms with E-state index in [4.69, 9.17) is 27.2 Å². The first-order valence-corrected chi connectivity index (χ1v) is 15.1. The molecule has 3 aromatic rings. The lowest BCUT2D eigenvalue weighted by Gasteiger charge is -2.34. The Morgan fingerprint density at radius 2 is 1.85 bits per heavy atom. The van der Waals surface area contributed by atoms with Gasteiger partial charge in [-0.1, -0.05) is 54.3 Å². The molecule has 1 N–H and O–H groups in total. The Morgan fingerprint density at radius 1 is 1.15 bits per heavy atom. The van der Waals surface area contributed by atoms with Crippen LogP contribution in [0.25, 0.3) is 23.0 Å². The Labute approximate surface area is 241 Å². The molecular formula is C27H26N4O6S3. The Morgan fingerprint density at radius 3 is 2.52 bits per heavy atom. The first-order valence-electron chi connectivity index (χ1n) is 12.4. The van der Waals surface area contributed by atoms with Crippen LogP contribution in [-0.4, -0.2) is 80.5 Å². The quantitative estimate of drug-likeness (QED) is 0.321. The minimum absolute atomic E-state index is 0.124. The van der Waals surface area contributed by atoms with Crippen molar-refractivity contribution in [3.63, 3.8) is 0 Å². The van der Waals surface area contributed by atoms with Gasteiger partial charge in [0.15, 0.2) is 0 Å². The van der Waals surface area contributed by atoms with Crippen LogP contribution in [0.3, 0.4) is 0 Å². The number of hydrogen-bond donors (Lipinski definition) is 1. The van der Waals surface area contributed by atoms with Crippen LogP contribution in [-0.2, 0) is 24.3 Å². The number of thioether (sulfide) groups is 1. The second kappa shape index (κ2) is 11.3. The number of carbonyl (C=O) groups is 2. The zero-order valence-corrected chi connectivity index (χ0v) is 24.1. The summed E-state index contributed by atoms with van der Waals surface area (Å²) in [6.07, 6.45) is 2.89. The Kier molecular flexibility index (Phi) is 7.93. The van der Waals surface area contributed by atoms with E-state index in [1.54, 1.807) is 41.2 Å². The number of morpholine rings is 1. The maximum Gasteiger partial charge on any atom is 0.323 e. The molecule has 0 saturated carbocycles. The number of carboxylic acid groups (broad SMARTS) is 1. The number of aliphatic carboxylic acids is 1. The highest BCUT2D eigenvalue weighted by molar-refractivity contribution is 8.26. The summed E-state index contributed by atoms with van der Waals surface area (Å²) in [5.74, 6) is -1.68. The number of benzene rings is 2. The van der Waals surface area contributed by atoms with Gasteiger partial charge in [-0.25, -0.2) is 13.1 Å². The highest BCUT2D eigenvalue weighted by atomic mass is 32.2. The number of thiocarbonyl (C=S) groups is 1. The molecule has 5 rings (SSSR count). The van der Waals surface area contributed by atoms with Crippen LogP contribution < -0.4 is 0 Å². The van der Waals surface area contributed by atoms with Crippen molar-refractivity contribution in [2.75, 3.05) is 19.6 Å². The summed E-state index contributed by atoms with van der Waals surface area (Å²) in [6.45, 7) is 3.66. The number of hydrogen-bond acceptors (Lipinski definition) is 8. The molecular weight excluding hydrogens is 573 g/mol. The van der Waals surface area contributed by atoms with Crippen molar-refractivity contribution in [2.24, 2.45) is 0 Å². The molecule has 40 heavy (non-hydrogen) atoms. The van der Waals surface area contributed by atoms with Crippen molar-refractivity contribution in [3.05, 3.63) is 71.3 Å². The SMILES string of the molecule is CC1CN(S(=O)(=O)c2cccc(-c3nn(-c4ccccc4)cc3C=C3SC(=S)N(CC(=O)O)C3=O)c2)CC(C)O1. The largest absolute Gasteiger partial charge is 0.480 e. The summed E-state index contributed by atoms with van der Waals surface area (Å²) in [7, 11) is -3.81. The molecule has 0 spiro atoms. The van der Waals surface area contributed by atoms with Gasteiger partial charge in [0, 0.05) is 30.4 Å². The van der Waals surface area contributed by atoms with E-state index in [2.05, 4.69) is 0 Å². The van der Waals surface area contributed by atoms with E-state index < -0.39 is 28.4 Å². The van der Waals surface area contributed by atoms with Crippen molar-refractivity contribution >= 4 is 56.3 Å². The molecule has 2 fully saturated rings. The summed E-state index contributed by atoms with van der Waals surface area (Å²) < 4.78 is 36.1. The molecule has 2 saturated heterocycles. The fraction of sp³-hybridized carbons (Fsp3) is 0.259. The van der Waals surface area contributed by atoms with Crippen molar-refractivity contribution in [3.8, 4) is 16.9 Å². The van der Waals surface area contributed by atoms with E-state index in [1.807, 2.05) is 44.2 Å². The molecule has 2 aromatic carbocycles. The predicted octanol–water partition coefficient (Wildman–Crippen LogP) is 3.62. The maximum atomic E-state index is 13.6. The molecule has 0 radical (unpaired) electrons. The van der Waals surface area contributed by atoms with E-state index in [0.717, 1.165) is 22.3 Å². The zero-order valence-electron chi connectivity index (χ0n) is 21.6. The number of para-hydroxylation sites is 1. The molecule has 0 bridgehead atoms. The third-order valence-corrected chi connectivity index (χ3v) is 9.55. The second-order valence-corrected chi connectivity index (χ2v) is 13.1. The van der Waals surface area contributed by atoms with Crippen LogP contribution in [0.4, 0.5) is 0 Å². The average molecular weight is 599 g/mol. The molecule has 2 aliphatic rings. The molecule has 2 aliphatic heterocycles. The van der Waals surface area contributed by atoms with Crippen LogP contribution in [0, 0.1) is 0 Å². The van der Waals surface area contributed by atoms with Gasteiger partial charge < -0.3 is 9.84 Å². The molecule has 208 valence electrons. The lowest BCUT2D eigenvalue weighted by Crippen LogP contribution is -2.48. The highest BCUT2D eigenvalue weighted by Crippen LogP contribution is 2.35. The molecule has 0 aliphatic carbocycles. The number of carboxylic acids is 1. The number of amides is 1. The van der Waals surface area contributed by atoms with Crippen molar-refractivity contribution in [1.29, 1.82) is 0 Å². The first-order chi connectivity index (χ1) is 19.0. The van der Waals surface area contributed by atoms with E-state index in [-0.39, 0.29) is 39.4 Å². The number of carbonyl (C=O) groups excluding carboxylic acids is 1. The predicted molar refractivity (Wildman–Crippen MR) is 155 cm³/mol. The molecule has 3 heterocycles. The van der Waals surface area contributed by atoms with Crippen LogP contribution >= 0.6 is 24.0 Å². The Balaban J connectivity index is 1.57. The van der Waals surface area contributed by atoms with Crippen LogP contribution in [0.5, 0.6) is 0 Å². The third kappa shape index (κ3) is 5.74. The summed E-state index contributed by atoms with van der Waals surface area (Å²) in [4.78, 5) is 25.6. The fourth-order valence-electron chi connectivity index (χ4n) is 4.62. The number of rotatable bonds is 7. The normalized spacial score (nSPS) is 21.4. The summed E-state index contributed by atoms with van der Waals surface area (Å²) in [6, 6.07) is 15.9. The van der Waals surface area contributed by atoms with Gasteiger partial charge in [-0.2, -0.15) is 9.40 Å². The van der Waals surface area contributed by atoms with Gasteiger partial charge in [-0.05, 0) is 44.2 Å². The van der Waals surface area contributed by atoms with Gasteiger partial charge in [-0.3, -0.25) is 14.5 Å². The van der Waals surface area contributed by atoms with Crippen molar-refractivity contribution < 1.29 is 27.9 Å². The lowest BCUT2D eigenvalue weighted by molar-refractivity contribution is -0.140. The van der Waals surface area contributed by atoms with E-state index in [1.165, 1.54) is 4.31 Å². The lowest BCUT2D eigenvalue weighted by atomic mass is 10.1. The van der Waals surface area contributed by atoms with Crippen molar-refractivity contribution in [1.82, 2.24) is 19.0 Å². The summed E-state index contributed by atoms with van der Waals surface area (Å²) >= 11 is 6.25. The number of sulfonamides is 1. The van der Waals surface area contributed by atoms with E-state index in [9.17, 15) is 18.0 Å². The van der Waals surface area contributed by atoms with Crippen molar-refractivity contribution in [2.45, 2.75) is 31.0 Å². The minimum atomic E-state index is -3.81. The zero-order chi connectivity index (χ0) is 28.6. The number of nitrogens with zero attached hydrogens (tertiary/aromatic N) is 4. The number of aromatic nitrogens is 2. The van der Waals surface area contributed by atoms with Gasteiger partial charge in [0.25, 0.3) is 5.91 Å². The minimum Gasteiger partial charge on any atom is -0.480 e. The molecule has 13 heteroatoms. The highest BCUT2D eigenvalue weighted by Gasteiger charge is 2.34. The van der Waals surface area contributed by atoms with Gasteiger partial charge in [-0.15, -0.1) is 0 Å². The van der Waals surface area contributed by atoms with Crippen LogP contribution in [0.15, 0.2) is 70.6 Å². The van der Waals surface area contributed by atoms with E-state index in [0.29, 0.717) is 16.8 Å². The van der Waals surface area contributed by atoms with Crippen LogP contribution in [0.2, 0.25) is 0 Å². The Bertz CT molecular complexity index is 1610. The third-order valence-electron chi connectivity index (χ3n) is 6.35. The molecule has 2 atom stereocenters. The van der Waals surface area contributed by atoms with Gasteiger partial charge in [0.2, 0.25) is 10.0 Å². The molecule has 1 aromatic heterocycles. The smallest absolute Gasteiger partial charge is 0.323 e. The monoisotopic (exact) mass is 598 g/mol. The summed E-state index contributed by atoms with van der Waals surface area (Å²) in [5.41, 5.74) is 2.30. The Hall–Kier alpha value is -3.36. The molecule has 10 nitrogen and oxygen atoms in total. The van der Waals surface area contributed by atoms with Gasteiger partial charge in [0.05, 0.1) is 27.7 Å². The topological polar surface area (TPSA) is 122 Å². The molecule has 1 amide bonds. The average Bonchev–Trinajstić information content (AvgIpc) is 3.45. The second-order valence-electron chi connectivity index (χ2n) is 9.48. The summed E-state index contributed by atoms with van der Waals surface area (Å²) in [5, 5.41) is 13.9. The number of ether oxygens (including phenoxy) is 1. The molecule has 2 unspecified atom stereocenters. The fourth-order valence-corrected chi connectivity index (χ4v) is 7.51. The van der Waals surface area contributed by atoms with E-state index >= 15 is 0 Å². The van der Waals surface area contributed by atoms with Crippen LogP contribution in [0.1, 0.15) is 19.4 Å². The maximum absolute atomic E-state index is 13.6. The van der Waals surface area contributed by atoms with Gasteiger partial charge >= 0.3 is 5.97 Å². The standard InChI is InChI=1S/C27H26N4O6S3/c1-17-13-29(14-18(2)37-17)40(35,36)22-10-6-7-19(11-22)25-20(15-31(28-25)21-8-4-3-5-9-21)12-23-26(34)30(16-24(32)33)27(38)39-23/h3-12,15,17-18H,13-14,16H2,1-2H3,(H,32,33). The first kappa shape index (κ1) is 28.2. The van der Waals surface area contributed by atoms with Gasteiger partial charge in [0.1, 0.15) is 16.6 Å².